The van der Waals surface area contributed by atoms with E-state index >= 15 is 0 Å². The predicted molar refractivity (Wildman–Crippen MR) is 112 cm³/mol. The molecule has 0 radical (unpaired) electrons. The molecule has 158 valence electrons. The van der Waals surface area contributed by atoms with E-state index in [1.165, 1.54) is 0 Å². The number of rotatable bonds is 10. The normalized spacial score (nSPS) is 13.6. The molecule has 0 saturated carbocycles. The SMILES string of the molecule is CCC(CC(C)(C)C(=O)[O-])c1ccc(C(CC)CC(C)(C)C(=O)[O-])cc1.[CH3+].[CH3+]. The van der Waals surface area contributed by atoms with Crippen molar-refractivity contribution < 1.29 is 19.8 Å². The highest BCUT2D eigenvalue weighted by molar-refractivity contribution is 5.71. The maximum absolute atomic E-state index is 11.3. The minimum Gasteiger partial charge on any atom is -0.550 e. The van der Waals surface area contributed by atoms with Crippen molar-refractivity contribution in [1.82, 2.24) is 0 Å². The lowest BCUT2D eigenvalue weighted by Gasteiger charge is -2.31. The van der Waals surface area contributed by atoms with Gasteiger partial charge in [-0.25, -0.2) is 0 Å². The van der Waals surface area contributed by atoms with Gasteiger partial charge >= 0.3 is 0 Å². The Hall–Kier alpha value is -2.10. The van der Waals surface area contributed by atoms with Crippen LogP contribution in [0.2, 0.25) is 0 Å². The fourth-order valence-corrected chi connectivity index (χ4v) is 3.43. The Morgan fingerprint density at radius 3 is 1.18 bits per heavy atom. The standard InChI is InChI=1S/C22H34O4.2CH3/c1-7-15(13-21(3,4)19(23)24)17-9-11-18(12-10-17)16(8-2)14-22(5,6)20(25)26;;/h9-12,15-16H,7-8,13-14H2,1-6H3,(H,23,24)(H,25,26);2*1H3/q;2*+1/p-2. The molecule has 0 aliphatic carbocycles. The van der Waals surface area contributed by atoms with Gasteiger partial charge in [-0.2, -0.15) is 0 Å². The van der Waals surface area contributed by atoms with Gasteiger partial charge in [0.05, 0.1) is 0 Å². The van der Waals surface area contributed by atoms with Gasteiger partial charge in [0.2, 0.25) is 0 Å². The second-order valence-electron chi connectivity index (χ2n) is 8.63. The third kappa shape index (κ3) is 7.14. The first-order valence-corrected chi connectivity index (χ1v) is 9.47. The van der Waals surface area contributed by atoms with Crippen molar-refractivity contribution >= 4 is 11.9 Å². The summed E-state index contributed by atoms with van der Waals surface area (Å²) in [6.45, 7) is 10.9. The second-order valence-corrected chi connectivity index (χ2v) is 8.63. The highest BCUT2D eigenvalue weighted by Gasteiger charge is 2.26. The smallest absolute Gasteiger partial charge is 0.0470 e. The lowest BCUT2D eigenvalue weighted by Crippen LogP contribution is -2.39. The van der Waals surface area contributed by atoms with E-state index in [-0.39, 0.29) is 26.7 Å². The summed E-state index contributed by atoms with van der Waals surface area (Å²) in [6, 6.07) is 8.18. The van der Waals surface area contributed by atoms with Gasteiger partial charge in [0, 0.05) is 37.6 Å². The van der Waals surface area contributed by atoms with Gasteiger partial charge < -0.3 is 19.8 Å². The molecule has 1 aromatic rings. The van der Waals surface area contributed by atoms with Gasteiger partial charge in [-0.15, -0.1) is 0 Å². The number of hydrogen-bond donors (Lipinski definition) is 0. The maximum Gasteiger partial charge on any atom is 0.0470 e. The first kappa shape index (κ1) is 28.1. The van der Waals surface area contributed by atoms with Crippen LogP contribution in [0.4, 0.5) is 0 Å². The minimum atomic E-state index is -1.02. The first-order valence-electron chi connectivity index (χ1n) is 9.47. The predicted octanol–water partition coefficient (Wildman–Crippen LogP) is 3.91. The summed E-state index contributed by atoms with van der Waals surface area (Å²) < 4.78 is 0. The van der Waals surface area contributed by atoms with Gasteiger partial charge in [0.25, 0.3) is 0 Å². The number of benzene rings is 1. The van der Waals surface area contributed by atoms with E-state index in [1.807, 2.05) is 24.3 Å². The Bertz CT molecular complexity index is 559. The van der Waals surface area contributed by atoms with Crippen molar-refractivity contribution in [3.8, 4) is 0 Å². The molecule has 0 amide bonds. The van der Waals surface area contributed by atoms with Crippen LogP contribution >= 0.6 is 0 Å². The fourth-order valence-electron chi connectivity index (χ4n) is 3.43. The van der Waals surface area contributed by atoms with E-state index in [4.69, 9.17) is 0 Å². The van der Waals surface area contributed by atoms with E-state index in [2.05, 4.69) is 13.8 Å². The molecule has 4 heteroatoms. The number of hydrogen-bond acceptors (Lipinski definition) is 4. The van der Waals surface area contributed by atoms with Crippen LogP contribution in [0.25, 0.3) is 0 Å². The molecule has 0 N–H and O–H groups in total. The second kappa shape index (κ2) is 11.0. The molecule has 0 aliphatic heterocycles. The Balaban J connectivity index is 0. The summed E-state index contributed by atoms with van der Waals surface area (Å²) in [4.78, 5) is 22.6. The Morgan fingerprint density at radius 2 is 1.00 bits per heavy atom. The van der Waals surface area contributed by atoms with Crippen LogP contribution in [0.15, 0.2) is 24.3 Å². The third-order valence-corrected chi connectivity index (χ3v) is 5.48. The largest absolute Gasteiger partial charge is 0.550 e. The van der Waals surface area contributed by atoms with Crippen molar-refractivity contribution in [1.29, 1.82) is 0 Å². The van der Waals surface area contributed by atoms with Gasteiger partial charge in [-0.05, 0) is 48.6 Å². The van der Waals surface area contributed by atoms with Crippen molar-refractivity contribution in [3.05, 3.63) is 50.2 Å². The molecule has 1 aromatic carbocycles. The van der Waals surface area contributed by atoms with Gasteiger partial charge in [0.1, 0.15) is 0 Å². The first-order chi connectivity index (χ1) is 11.9. The highest BCUT2D eigenvalue weighted by atomic mass is 16.4. The molecule has 2 atom stereocenters. The van der Waals surface area contributed by atoms with Crippen LogP contribution in [0.1, 0.15) is 90.2 Å². The van der Waals surface area contributed by atoms with Crippen LogP contribution in [-0.4, -0.2) is 11.9 Å². The fraction of sp³-hybridized carbons (Fsp3) is 0.583. The molecule has 0 heterocycles. The zero-order valence-electron chi connectivity index (χ0n) is 18.9. The molecule has 0 fully saturated rings. The van der Waals surface area contributed by atoms with Gasteiger partial charge in [0.15, 0.2) is 0 Å². The third-order valence-electron chi connectivity index (χ3n) is 5.48. The highest BCUT2D eigenvalue weighted by Crippen LogP contribution is 2.36. The van der Waals surface area contributed by atoms with E-state index < -0.39 is 22.8 Å². The molecular weight excluding hydrogens is 352 g/mol. The molecule has 0 bridgehead atoms. The average molecular weight is 391 g/mol. The van der Waals surface area contributed by atoms with E-state index in [0.717, 1.165) is 24.0 Å². The van der Waals surface area contributed by atoms with Crippen LogP contribution < -0.4 is 10.2 Å². The molecule has 0 saturated heterocycles. The number of carboxylic acids is 2. The van der Waals surface area contributed by atoms with E-state index in [0.29, 0.717) is 12.8 Å². The average Bonchev–Trinajstić information content (AvgIpc) is 2.57. The molecule has 1 rings (SSSR count). The molecule has 0 spiro atoms. The summed E-state index contributed by atoms with van der Waals surface area (Å²) in [6.07, 6.45) is 2.76. The minimum absolute atomic E-state index is 0. The molecule has 28 heavy (non-hydrogen) atoms. The molecular formula is C24H38O4. The van der Waals surface area contributed by atoms with Crippen LogP contribution in [-0.2, 0) is 9.59 Å². The zero-order valence-corrected chi connectivity index (χ0v) is 18.9. The monoisotopic (exact) mass is 390 g/mol. The van der Waals surface area contributed by atoms with Crippen molar-refractivity contribution in [2.24, 2.45) is 10.8 Å². The Kier molecular flexibility index (Phi) is 11.1. The maximum atomic E-state index is 11.3. The van der Waals surface area contributed by atoms with Gasteiger partial charge in [-0.1, -0.05) is 65.8 Å². The number of carbonyl (C=O) groups excluding carboxylic acids is 2. The summed E-state index contributed by atoms with van der Waals surface area (Å²) in [5.41, 5.74) is 0.479. The van der Waals surface area contributed by atoms with Crippen LogP contribution in [0.5, 0.6) is 0 Å². The zero-order chi connectivity index (χ0) is 20.1. The van der Waals surface area contributed by atoms with Crippen molar-refractivity contribution in [2.45, 2.75) is 79.1 Å². The lowest BCUT2D eigenvalue weighted by molar-refractivity contribution is -0.319. The quantitative estimate of drug-likeness (QED) is 0.567. The number of carbonyl (C=O) groups is 2. The van der Waals surface area contributed by atoms with E-state index in [9.17, 15) is 19.8 Å². The molecule has 2 unspecified atom stereocenters. The summed E-state index contributed by atoms with van der Waals surface area (Å²) in [5, 5.41) is 22.6. The Morgan fingerprint density at radius 1 is 0.750 bits per heavy atom. The summed E-state index contributed by atoms with van der Waals surface area (Å²) in [5.74, 6) is -1.75. The topological polar surface area (TPSA) is 80.3 Å². The van der Waals surface area contributed by atoms with E-state index in [1.54, 1.807) is 27.7 Å². The molecule has 4 nitrogen and oxygen atoms in total. The van der Waals surface area contributed by atoms with Crippen molar-refractivity contribution in [3.63, 3.8) is 0 Å². The number of carboxylic acid groups (broad SMARTS) is 2. The van der Waals surface area contributed by atoms with Crippen LogP contribution in [0.3, 0.4) is 0 Å². The summed E-state index contributed by atoms with van der Waals surface area (Å²) >= 11 is 0. The number of aliphatic carboxylic acids is 2. The van der Waals surface area contributed by atoms with Gasteiger partial charge in [-0.3, -0.25) is 0 Å². The Labute approximate surface area is 172 Å². The molecule has 0 aliphatic rings. The summed E-state index contributed by atoms with van der Waals surface area (Å²) in [7, 11) is 0. The van der Waals surface area contributed by atoms with Crippen LogP contribution in [0, 0.1) is 25.7 Å². The molecule has 0 aromatic heterocycles. The van der Waals surface area contributed by atoms with Crippen molar-refractivity contribution in [2.75, 3.05) is 0 Å². The lowest BCUT2D eigenvalue weighted by atomic mass is 9.77.